The van der Waals surface area contributed by atoms with Crippen LogP contribution in [0.1, 0.15) is 33.3 Å². The summed E-state index contributed by atoms with van der Waals surface area (Å²) in [5.74, 6) is 0.949. The van der Waals surface area contributed by atoms with Gasteiger partial charge in [0.1, 0.15) is 0 Å². The Morgan fingerprint density at radius 2 is 1.89 bits per heavy atom. The van der Waals surface area contributed by atoms with E-state index in [0.717, 1.165) is 29.0 Å². The van der Waals surface area contributed by atoms with Crippen LogP contribution in [-0.2, 0) is 4.74 Å². The van der Waals surface area contributed by atoms with E-state index in [2.05, 4.69) is 37.9 Å². The Kier molecular flexibility index (Phi) is 6.37. The van der Waals surface area contributed by atoms with Gasteiger partial charge < -0.3 is 10.1 Å². The largest absolute Gasteiger partial charge is 0.498 e. The molecule has 0 bridgehead atoms. The molecule has 0 amide bonds. The molecule has 104 valence electrons. The van der Waals surface area contributed by atoms with E-state index in [1.165, 1.54) is 0 Å². The van der Waals surface area contributed by atoms with Gasteiger partial charge in [-0.2, -0.15) is 0 Å². The molecule has 0 fully saturated rings. The molecule has 1 N–H and O–H groups in total. The van der Waals surface area contributed by atoms with E-state index in [0.29, 0.717) is 12.6 Å². The molecule has 1 rings (SSSR count). The zero-order chi connectivity index (χ0) is 14.3. The zero-order valence-corrected chi connectivity index (χ0v) is 12.5. The van der Waals surface area contributed by atoms with Gasteiger partial charge in [0, 0.05) is 18.2 Å². The summed E-state index contributed by atoms with van der Waals surface area (Å²) >= 11 is 0. The fourth-order valence-corrected chi connectivity index (χ4v) is 1.87. The van der Waals surface area contributed by atoms with E-state index >= 15 is 0 Å². The third-order valence-corrected chi connectivity index (χ3v) is 2.96. The van der Waals surface area contributed by atoms with Crippen molar-refractivity contribution in [1.29, 1.82) is 0 Å². The molecule has 0 aromatic heterocycles. The van der Waals surface area contributed by atoms with Crippen molar-refractivity contribution in [1.82, 2.24) is 5.32 Å². The van der Waals surface area contributed by atoms with Crippen LogP contribution in [0.2, 0.25) is 0 Å². The molecular formula is C17H25NO. The van der Waals surface area contributed by atoms with Crippen LogP contribution in [0.25, 0.3) is 5.57 Å². The van der Waals surface area contributed by atoms with Crippen LogP contribution in [0.3, 0.4) is 0 Å². The molecule has 19 heavy (non-hydrogen) atoms. The van der Waals surface area contributed by atoms with Gasteiger partial charge in [-0.25, -0.2) is 0 Å². The number of hydrogen-bond donors (Lipinski definition) is 1. The van der Waals surface area contributed by atoms with Gasteiger partial charge in [-0.1, -0.05) is 50.8 Å². The van der Waals surface area contributed by atoms with Gasteiger partial charge in [-0.15, -0.1) is 0 Å². The average Bonchev–Trinajstić information content (AvgIpc) is 2.39. The second-order valence-electron chi connectivity index (χ2n) is 4.85. The number of benzene rings is 1. The fourth-order valence-electron chi connectivity index (χ4n) is 1.87. The zero-order valence-electron chi connectivity index (χ0n) is 12.5. The van der Waals surface area contributed by atoms with Crippen molar-refractivity contribution < 1.29 is 4.74 Å². The average molecular weight is 259 g/mol. The number of allylic oxidation sites excluding steroid dienone is 1. The van der Waals surface area contributed by atoms with Crippen molar-refractivity contribution in [2.24, 2.45) is 0 Å². The maximum absolute atomic E-state index is 5.66. The smallest absolute Gasteiger partial charge is 0.0979 e. The van der Waals surface area contributed by atoms with Crippen molar-refractivity contribution in [2.75, 3.05) is 13.2 Å². The molecular weight excluding hydrogens is 234 g/mol. The molecule has 2 heteroatoms. The van der Waals surface area contributed by atoms with Crippen LogP contribution in [0.5, 0.6) is 0 Å². The van der Waals surface area contributed by atoms with E-state index in [4.69, 9.17) is 4.74 Å². The molecule has 0 aliphatic carbocycles. The quantitative estimate of drug-likeness (QED) is 0.590. The number of rotatable bonds is 7. The van der Waals surface area contributed by atoms with Crippen molar-refractivity contribution in [3.63, 3.8) is 0 Å². The van der Waals surface area contributed by atoms with E-state index in [1.807, 2.05) is 32.0 Å². The van der Waals surface area contributed by atoms with Crippen LogP contribution in [0.15, 0.2) is 48.2 Å². The number of ether oxygens (including phenoxy) is 1. The highest BCUT2D eigenvalue weighted by molar-refractivity contribution is 5.78. The Morgan fingerprint density at radius 3 is 2.42 bits per heavy atom. The predicted molar refractivity (Wildman–Crippen MR) is 82.9 cm³/mol. The summed E-state index contributed by atoms with van der Waals surface area (Å²) in [6.45, 7) is 14.0. The van der Waals surface area contributed by atoms with Gasteiger partial charge in [0.05, 0.1) is 12.4 Å². The standard InChI is InChI=1S/C17H25NO/c1-6-19-15(5)17(12-18-13(2)3)14(4)16-10-8-7-9-11-16/h7-11,13,18H,4,6,12H2,1-3,5H3/b17-15+. The first-order chi connectivity index (χ1) is 9.06. The second kappa shape index (κ2) is 7.80. The maximum Gasteiger partial charge on any atom is 0.0979 e. The third kappa shape index (κ3) is 4.92. The molecule has 2 nitrogen and oxygen atoms in total. The van der Waals surface area contributed by atoms with Crippen molar-refractivity contribution in [3.8, 4) is 0 Å². The predicted octanol–water partition coefficient (Wildman–Crippen LogP) is 4.01. The summed E-state index contributed by atoms with van der Waals surface area (Å²) in [5, 5.41) is 3.44. The Balaban J connectivity index is 2.96. The SMILES string of the molecule is C=C(/C(CNC(C)C)=C(\C)OCC)c1ccccc1. The lowest BCUT2D eigenvalue weighted by atomic mass is 9.98. The summed E-state index contributed by atoms with van der Waals surface area (Å²) in [6.07, 6.45) is 0. The molecule has 0 heterocycles. The molecule has 1 aromatic rings. The minimum atomic E-state index is 0.438. The third-order valence-electron chi connectivity index (χ3n) is 2.96. The Labute approximate surface area is 117 Å². The first-order valence-corrected chi connectivity index (χ1v) is 6.86. The van der Waals surface area contributed by atoms with Crippen LogP contribution >= 0.6 is 0 Å². The Hall–Kier alpha value is -1.54. The maximum atomic E-state index is 5.66. The summed E-state index contributed by atoms with van der Waals surface area (Å²) in [7, 11) is 0. The van der Waals surface area contributed by atoms with E-state index in [-0.39, 0.29) is 0 Å². The Morgan fingerprint density at radius 1 is 1.26 bits per heavy atom. The summed E-state index contributed by atoms with van der Waals surface area (Å²) in [4.78, 5) is 0. The van der Waals surface area contributed by atoms with Gasteiger partial charge in [-0.3, -0.25) is 0 Å². The second-order valence-corrected chi connectivity index (χ2v) is 4.85. The van der Waals surface area contributed by atoms with Gasteiger partial charge in [-0.05, 0) is 25.0 Å². The minimum Gasteiger partial charge on any atom is -0.498 e. The van der Waals surface area contributed by atoms with E-state index < -0.39 is 0 Å². The molecule has 0 unspecified atom stereocenters. The monoisotopic (exact) mass is 259 g/mol. The lowest BCUT2D eigenvalue weighted by molar-refractivity contribution is 0.228. The lowest BCUT2D eigenvalue weighted by Gasteiger charge is -2.17. The van der Waals surface area contributed by atoms with Crippen LogP contribution in [0.4, 0.5) is 0 Å². The number of hydrogen-bond acceptors (Lipinski definition) is 2. The van der Waals surface area contributed by atoms with E-state index in [9.17, 15) is 0 Å². The van der Waals surface area contributed by atoms with Gasteiger partial charge in [0.2, 0.25) is 0 Å². The molecule has 0 saturated carbocycles. The van der Waals surface area contributed by atoms with Gasteiger partial charge >= 0.3 is 0 Å². The molecule has 0 saturated heterocycles. The topological polar surface area (TPSA) is 21.3 Å². The highest BCUT2D eigenvalue weighted by atomic mass is 16.5. The molecule has 0 aliphatic heterocycles. The lowest BCUT2D eigenvalue weighted by Crippen LogP contribution is -2.26. The fraction of sp³-hybridized carbons (Fsp3) is 0.412. The first kappa shape index (κ1) is 15.5. The van der Waals surface area contributed by atoms with Crippen molar-refractivity contribution in [2.45, 2.75) is 33.7 Å². The summed E-state index contributed by atoms with van der Waals surface area (Å²) in [5.41, 5.74) is 3.31. The van der Waals surface area contributed by atoms with Crippen LogP contribution < -0.4 is 5.32 Å². The number of nitrogens with one attached hydrogen (secondary N) is 1. The van der Waals surface area contributed by atoms with Crippen LogP contribution in [-0.4, -0.2) is 19.2 Å². The normalized spacial score (nSPS) is 12.3. The van der Waals surface area contributed by atoms with Crippen LogP contribution in [0, 0.1) is 0 Å². The molecule has 0 spiro atoms. The molecule has 0 atom stereocenters. The van der Waals surface area contributed by atoms with Crippen molar-refractivity contribution >= 4 is 5.57 Å². The van der Waals surface area contributed by atoms with E-state index in [1.54, 1.807) is 0 Å². The minimum absolute atomic E-state index is 0.438. The first-order valence-electron chi connectivity index (χ1n) is 6.86. The highest BCUT2D eigenvalue weighted by Crippen LogP contribution is 2.24. The highest BCUT2D eigenvalue weighted by Gasteiger charge is 2.10. The molecule has 0 aliphatic rings. The van der Waals surface area contributed by atoms with Gasteiger partial charge in [0.25, 0.3) is 0 Å². The van der Waals surface area contributed by atoms with Crippen molar-refractivity contribution in [3.05, 3.63) is 53.8 Å². The van der Waals surface area contributed by atoms with Gasteiger partial charge in [0.15, 0.2) is 0 Å². The molecule has 0 radical (unpaired) electrons. The summed E-state index contributed by atoms with van der Waals surface area (Å²) in [6, 6.07) is 10.7. The summed E-state index contributed by atoms with van der Waals surface area (Å²) < 4.78 is 5.66. The Bertz CT molecular complexity index is 432. The molecule has 1 aromatic carbocycles.